The summed E-state index contributed by atoms with van der Waals surface area (Å²) < 4.78 is 78.8. The Labute approximate surface area is 179 Å². The van der Waals surface area contributed by atoms with Gasteiger partial charge in [0.1, 0.15) is 5.82 Å². The third kappa shape index (κ3) is 4.59. The third-order valence-electron chi connectivity index (χ3n) is 5.58. The molecule has 31 heavy (non-hydrogen) atoms. The lowest BCUT2D eigenvalue weighted by atomic mass is 9.86. The van der Waals surface area contributed by atoms with E-state index >= 15 is 0 Å². The average Bonchev–Trinajstić information content (AvgIpc) is 2.71. The Bertz CT molecular complexity index is 1100. The first-order chi connectivity index (χ1) is 14.5. The minimum absolute atomic E-state index is 0.200. The maximum Gasteiger partial charge on any atom is 0.416 e. The number of rotatable bonds is 2. The van der Waals surface area contributed by atoms with Crippen molar-refractivity contribution in [2.24, 2.45) is 0 Å². The molecule has 164 valence electrons. The Morgan fingerprint density at radius 1 is 0.839 bits per heavy atom. The number of hydrogen-bond acceptors (Lipinski definition) is 2. The molecule has 0 unspecified atom stereocenters. The molecule has 0 saturated carbocycles. The van der Waals surface area contributed by atoms with E-state index in [4.69, 9.17) is 11.6 Å². The lowest BCUT2D eigenvalue weighted by molar-refractivity contribution is -0.138. The van der Waals surface area contributed by atoms with Crippen molar-refractivity contribution in [2.45, 2.75) is 31.1 Å². The topological polar surface area (TPSA) is 16.1 Å². The second-order valence-corrected chi connectivity index (χ2v) is 8.00. The highest BCUT2D eigenvalue weighted by Gasteiger charge is 2.36. The fourth-order valence-corrected chi connectivity index (χ4v) is 4.20. The second kappa shape index (κ2) is 7.89. The van der Waals surface area contributed by atoms with Crippen molar-refractivity contribution in [3.63, 3.8) is 0 Å². The van der Waals surface area contributed by atoms with Gasteiger partial charge in [0, 0.05) is 23.5 Å². The maximum atomic E-state index is 13.4. The Hall–Kier alpha value is -2.48. The van der Waals surface area contributed by atoms with Crippen LogP contribution < -0.4 is 4.90 Å². The van der Waals surface area contributed by atoms with Crippen molar-refractivity contribution in [3.8, 4) is 0 Å². The van der Waals surface area contributed by atoms with Crippen molar-refractivity contribution in [2.75, 3.05) is 18.0 Å². The molecule has 0 N–H and O–H groups in total. The summed E-state index contributed by atoms with van der Waals surface area (Å²) in [4.78, 5) is 6.38. The summed E-state index contributed by atoms with van der Waals surface area (Å²) >= 11 is 5.95. The van der Waals surface area contributed by atoms with Gasteiger partial charge in [0.15, 0.2) is 0 Å². The molecule has 4 rings (SSSR count). The summed E-state index contributed by atoms with van der Waals surface area (Å²) in [6.07, 6.45) is -7.91. The molecular weight excluding hydrogens is 442 g/mol. The molecule has 0 spiro atoms. The van der Waals surface area contributed by atoms with E-state index in [1.54, 1.807) is 12.1 Å². The van der Waals surface area contributed by atoms with Gasteiger partial charge in [-0.3, -0.25) is 0 Å². The van der Waals surface area contributed by atoms with Crippen molar-refractivity contribution in [1.29, 1.82) is 0 Å². The number of benzene rings is 2. The number of halogens is 7. The highest BCUT2D eigenvalue weighted by atomic mass is 35.5. The van der Waals surface area contributed by atoms with Crippen LogP contribution in [-0.2, 0) is 12.4 Å². The molecular formula is C22H17ClF6N2. The molecule has 2 heterocycles. The van der Waals surface area contributed by atoms with Crippen LogP contribution in [0.3, 0.4) is 0 Å². The van der Waals surface area contributed by atoms with Gasteiger partial charge < -0.3 is 4.90 Å². The number of nitrogens with zero attached hydrogens (tertiary/aromatic N) is 2. The molecule has 9 heteroatoms. The van der Waals surface area contributed by atoms with Crippen molar-refractivity contribution in [1.82, 2.24) is 4.98 Å². The largest absolute Gasteiger partial charge is 0.416 e. The fourth-order valence-electron chi connectivity index (χ4n) is 4.02. The highest BCUT2D eigenvalue weighted by Crippen LogP contribution is 2.40. The maximum absolute atomic E-state index is 13.4. The lowest BCUT2D eigenvalue weighted by Gasteiger charge is -2.34. The van der Waals surface area contributed by atoms with E-state index in [0.717, 1.165) is 18.2 Å². The molecule has 1 aromatic heterocycles. The van der Waals surface area contributed by atoms with Gasteiger partial charge >= 0.3 is 12.4 Å². The van der Waals surface area contributed by atoms with Crippen LogP contribution in [0.15, 0.2) is 48.5 Å². The predicted octanol–water partition coefficient (Wildman–Crippen LogP) is 7.31. The molecule has 2 nitrogen and oxygen atoms in total. The second-order valence-electron chi connectivity index (χ2n) is 7.57. The molecule has 1 saturated heterocycles. The lowest BCUT2D eigenvalue weighted by Crippen LogP contribution is -2.34. The number of pyridine rings is 1. The summed E-state index contributed by atoms with van der Waals surface area (Å²) in [5.74, 6) is 0.300. The molecule has 0 bridgehead atoms. The van der Waals surface area contributed by atoms with Crippen LogP contribution in [0.25, 0.3) is 10.9 Å². The number of aromatic nitrogens is 1. The minimum Gasteiger partial charge on any atom is -0.357 e. The van der Waals surface area contributed by atoms with Gasteiger partial charge in [0.05, 0.1) is 16.6 Å². The van der Waals surface area contributed by atoms with Crippen LogP contribution in [0.5, 0.6) is 0 Å². The average molecular weight is 459 g/mol. The first-order valence-corrected chi connectivity index (χ1v) is 10.00. The number of fused-ring (bicyclic) bond motifs is 1. The Morgan fingerprint density at radius 3 is 2.19 bits per heavy atom. The van der Waals surface area contributed by atoms with Gasteiger partial charge in [0.2, 0.25) is 0 Å². The van der Waals surface area contributed by atoms with E-state index in [1.807, 2.05) is 4.90 Å². The van der Waals surface area contributed by atoms with Crippen LogP contribution in [0.4, 0.5) is 32.2 Å². The molecule has 1 aliphatic rings. The van der Waals surface area contributed by atoms with Crippen molar-refractivity contribution in [3.05, 3.63) is 70.2 Å². The van der Waals surface area contributed by atoms with Crippen LogP contribution in [0.1, 0.15) is 35.4 Å². The summed E-state index contributed by atoms with van der Waals surface area (Å²) in [5.41, 5.74) is -0.773. The third-order valence-corrected chi connectivity index (χ3v) is 5.81. The molecule has 2 aromatic carbocycles. The number of piperidine rings is 1. The van der Waals surface area contributed by atoms with E-state index < -0.39 is 23.5 Å². The van der Waals surface area contributed by atoms with Crippen LogP contribution in [-0.4, -0.2) is 18.1 Å². The van der Waals surface area contributed by atoms with Gasteiger partial charge in [-0.05, 0) is 72.9 Å². The highest BCUT2D eigenvalue weighted by molar-refractivity contribution is 6.30. The molecule has 3 aromatic rings. The monoisotopic (exact) mass is 458 g/mol. The van der Waals surface area contributed by atoms with E-state index in [-0.39, 0.29) is 16.5 Å². The number of anilines is 1. The minimum atomic E-state index is -4.45. The Kier molecular flexibility index (Phi) is 5.54. The number of alkyl halides is 6. The fraction of sp³-hybridized carbons (Fsp3) is 0.318. The summed E-state index contributed by atoms with van der Waals surface area (Å²) in [6.45, 7) is 0.960. The van der Waals surface area contributed by atoms with E-state index in [2.05, 4.69) is 4.98 Å². The van der Waals surface area contributed by atoms with E-state index in [1.165, 1.54) is 18.2 Å². The van der Waals surface area contributed by atoms with Gasteiger partial charge in [-0.2, -0.15) is 26.3 Å². The molecule has 0 atom stereocenters. The predicted molar refractivity (Wildman–Crippen MR) is 107 cm³/mol. The zero-order chi connectivity index (χ0) is 22.4. The first kappa shape index (κ1) is 21.7. The smallest absolute Gasteiger partial charge is 0.357 e. The molecule has 0 aliphatic carbocycles. The van der Waals surface area contributed by atoms with Crippen LogP contribution in [0.2, 0.25) is 5.02 Å². The molecule has 1 fully saturated rings. The normalized spacial score (nSPS) is 16.2. The van der Waals surface area contributed by atoms with Gasteiger partial charge in [0.25, 0.3) is 0 Å². The van der Waals surface area contributed by atoms with E-state index in [9.17, 15) is 26.3 Å². The molecule has 0 amide bonds. The Morgan fingerprint density at radius 2 is 1.55 bits per heavy atom. The summed E-state index contributed by atoms with van der Waals surface area (Å²) in [6, 6.07) is 10.2. The summed E-state index contributed by atoms with van der Waals surface area (Å²) in [5, 5.41) is 0.641. The van der Waals surface area contributed by atoms with Gasteiger partial charge in [-0.1, -0.05) is 11.6 Å². The zero-order valence-electron chi connectivity index (χ0n) is 16.1. The molecule has 0 radical (unpaired) electrons. The van der Waals surface area contributed by atoms with Crippen molar-refractivity contribution < 1.29 is 26.3 Å². The van der Waals surface area contributed by atoms with Gasteiger partial charge in [-0.25, -0.2) is 4.98 Å². The van der Waals surface area contributed by atoms with Crippen LogP contribution >= 0.6 is 11.6 Å². The van der Waals surface area contributed by atoms with Crippen LogP contribution in [0, 0.1) is 0 Å². The summed E-state index contributed by atoms with van der Waals surface area (Å²) in [7, 11) is 0. The zero-order valence-corrected chi connectivity index (χ0v) is 16.8. The van der Waals surface area contributed by atoms with Crippen molar-refractivity contribution >= 4 is 28.3 Å². The molecule has 1 aliphatic heterocycles. The number of hydrogen-bond donors (Lipinski definition) is 0. The Balaban J connectivity index is 1.53. The quantitative estimate of drug-likeness (QED) is 0.374. The first-order valence-electron chi connectivity index (χ1n) is 9.62. The SMILES string of the molecule is FC(F)(F)c1ccc2nc(N3CCC(c4cc(Cl)ccc4C(F)(F)F)CC3)ccc2c1. The van der Waals surface area contributed by atoms with E-state index in [0.29, 0.717) is 42.7 Å². The van der Waals surface area contributed by atoms with Gasteiger partial charge in [-0.15, -0.1) is 0 Å². The standard InChI is InChI=1S/C22H17ClF6N2/c23-16-3-4-18(22(27,28)29)17(12-16)13-7-9-31(10-8-13)20-6-1-14-11-15(21(24,25)26)2-5-19(14)30-20/h1-6,11-13H,7-10H2.